The van der Waals surface area contributed by atoms with Gasteiger partial charge in [0, 0.05) is 17.7 Å². The third-order valence-electron chi connectivity index (χ3n) is 6.19. The van der Waals surface area contributed by atoms with E-state index in [1.165, 1.54) is 24.8 Å². The van der Waals surface area contributed by atoms with Crippen LogP contribution >= 0.6 is 0 Å². The van der Waals surface area contributed by atoms with E-state index in [0.717, 1.165) is 31.5 Å². The molecule has 34 heavy (non-hydrogen) atoms. The number of hydrogen-bond acceptors (Lipinski definition) is 5. The van der Waals surface area contributed by atoms with Crippen LogP contribution in [0.5, 0.6) is 0 Å². The van der Waals surface area contributed by atoms with E-state index in [1.54, 1.807) is 30.8 Å². The summed E-state index contributed by atoms with van der Waals surface area (Å²) in [5, 5.41) is 8.43. The number of esters is 1. The van der Waals surface area contributed by atoms with E-state index in [2.05, 4.69) is 32.1 Å². The number of nitrogens with zero attached hydrogens (tertiary/aromatic N) is 4. The van der Waals surface area contributed by atoms with Crippen molar-refractivity contribution < 1.29 is 18.3 Å². The van der Waals surface area contributed by atoms with Crippen LogP contribution in [0.15, 0.2) is 48.7 Å². The quantitative estimate of drug-likeness (QED) is 0.464. The molecule has 0 unspecified atom stereocenters. The smallest absolute Gasteiger partial charge is 0.337 e. The normalized spacial score (nSPS) is 15.4. The second-order valence-electron chi connectivity index (χ2n) is 9.49. The summed E-state index contributed by atoms with van der Waals surface area (Å²) in [6.45, 7) is 5.69. The van der Waals surface area contributed by atoms with Crippen molar-refractivity contribution >= 4 is 5.97 Å². The molecule has 180 valence electrons. The van der Waals surface area contributed by atoms with Crippen molar-refractivity contribution in [2.45, 2.75) is 44.8 Å². The molecule has 1 aliphatic heterocycles. The average Bonchev–Trinajstić information content (AvgIpc) is 3.28. The molecule has 0 atom stereocenters. The first kappa shape index (κ1) is 24.0. The van der Waals surface area contributed by atoms with Crippen molar-refractivity contribution in [3.05, 3.63) is 71.2 Å². The number of halogens is 2. The summed E-state index contributed by atoms with van der Waals surface area (Å²) in [7, 11) is 1.26. The molecule has 4 rings (SSSR count). The van der Waals surface area contributed by atoms with E-state index >= 15 is 0 Å². The molecule has 1 aromatic heterocycles. The Bertz CT molecular complexity index is 1150. The maximum absolute atomic E-state index is 14.4. The van der Waals surface area contributed by atoms with Crippen LogP contribution in [0.3, 0.4) is 0 Å². The van der Waals surface area contributed by atoms with Crippen molar-refractivity contribution in [2.24, 2.45) is 0 Å². The SMILES string of the molecule is COC(=O)c1ccc(Cn2cc(-c3cccc(C4CCN(CC(C)(C)F)CC4)c3)nn2)c(F)c1. The van der Waals surface area contributed by atoms with E-state index in [0.29, 0.717) is 23.7 Å². The van der Waals surface area contributed by atoms with Crippen LogP contribution < -0.4 is 0 Å². The van der Waals surface area contributed by atoms with Gasteiger partial charge in [0.15, 0.2) is 0 Å². The van der Waals surface area contributed by atoms with Gasteiger partial charge in [-0.15, -0.1) is 5.10 Å². The van der Waals surface area contributed by atoms with Gasteiger partial charge in [-0.1, -0.05) is 29.5 Å². The zero-order chi connectivity index (χ0) is 24.3. The van der Waals surface area contributed by atoms with Crippen LogP contribution in [0.1, 0.15) is 54.1 Å². The van der Waals surface area contributed by atoms with Gasteiger partial charge in [0.05, 0.1) is 25.4 Å². The van der Waals surface area contributed by atoms with Gasteiger partial charge in [0.2, 0.25) is 0 Å². The Balaban J connectivity index is 1.43. The lowest BCUT2D eigenvalue weighted by Gasteiger charge is -2.34. The largest absolute Gasteiger partial charge is 0.465 e. The van der Waals surface area contributed by atoms with Gasteiger partial charge >= 0.3 is 5.97 Å². The Morgan fingerprint density at radius 2 is 1.94 bits per heavy atom. The van der Waals surface area contributed by atoms with Crippen LogP contribution in [-0.4, -0.2) is 58.3 Å². The van der Waals surface area contributed by atoms with Gasteiger partial charge in [-0.05, 0) is 69.5 Å². The first-order valence-electron chi connectivity index (χ1n) is 11.5. The van der Waals surface area contributed by atoms with Crippen LogP contribution in [0.4, 0.5) is 8.78 Å². The number of methoxy groups -OCH3 is 1. The lowest BCUT2D eigenvalue weighted by atomic mass is 9.88. The maximum Gasteiger partial charge on any atom is 0.337 e. The highest BCUT2D eigenvalue weighted by Gasteiger charge is 2.26. The van der Waals surface area contributed by atoms with Crippen LogP contribution in [0.25, 0.3) is 11.3 Å². The van der Waals surface area contributed by atoms with Crippen molar-refractivity contribution in [2.75, 3.05) is 26.7 Å². The van der Waals surface area contributed by atoms with E-state index in [-0.39, 0.29) is 12.1 Å². The molecule has 0 radical (unpaired) electrons. The second kappa shape index (κ2) is 10.0. The van der Waals surface area contributed by atoms with Crippen molar-refractivity contribution in [1.29, 1.82) is 0 Å². The highest BCUT2D eigenvalue weighted by molar-refractivity contribution is 5.89. The molecule has 0 saturated carbocycles. The standard InChI is InChI=1S/C26H30F2N4O2/c1-26(2,28)17-31-11-9-18(10-12-31)19-5-4-6-20(13-19)24-16-32(30-29-24)15-22-8-7-21(14-23(22)27)25(33)34-3/h4-8,13-14,16,18H,9-12,15,17H2,1-3H3. The van der Waals surface area contributed by atoms with Crippen molar-refractivity contribution in [3.8, 4) is 11.3 Å². The van der Waals surface area contributed by atoms with Crippen LogP contribution in [0.2, 0.25) is 0 Å². The molecule has 0 bridgehead atoms. The number of benzene rings is 2. The topological polar surface area (TPSA) is 60.2 Å². The summed E-state index contributed by atoms with van der Waals surface area (Å²) in [5.74, 6) is -0.647. The molecule has 0 aliphatic carbocycles. The first-order chi connectivity index (χ1) is 16.2. The minimum absolute atomic E-state index is 0.166. The summed E-state index contributed by atoms with van der Waals surface area (Å²) in [4.78, 5) is 13.8. The molecule has 2 heterocycles. The summed E-state index contributed by atoms with van der Waals surface area (Å²) in [6, 6.07) is 12.5. The molecular formula is C26H30F2N4O2. The monoisotopic (exact) mass is 468 g/mol. The molecule has 1 fully saturated rings. The van der Waals surface area contributed by atoms with Gasteiger partial charge < -0.3 is 9.64 Å². The summed E-state index contributed by atoms with van der Waals surface area (Å²) in [5.41, 5.74) is 2.31. The fourth-order valence-electron chi connectivity index (χ4n) is 4.51. The zero-order valence-electron chi connectivity index (χ0n) is 19.8. The number of piperidine rings is 1. The number of aromatic nitrogens is 3. The highest BCUT2D eigenvalue weighted by atomic mass is 19.1. The summed E-state index contributed by atoms with van der Waals surface area (Å²) < 4.78 is 34.6. The van der Waals surface area contributed by atoms with Crippen molar-refractivity contribution in [1.82, 2.24) is 19.9 Å². The molecule has 8 heteroatoms. The zero-order valence-corrected chi connectivity index (χ0v) is 19.8. The Hall–Kier alpha value is -3.13. The fourth-order valence-corrected chi connectivity index (χ4v) is 4.51. The van der Waals surface area contributed by atoms with Gasteiger partial charge in [-0.3, -0.25) is 0 Å². The molecule has 1 saturated heterocycles. The fraction of sp³-hybridized carbons (Fsp3) is 0.423. The van der Waals surface area contributed by atoms with Gasteiger partial charge in [-0.2, -0.15) is 0 Å². The van der Waals surface area contributed by atoms with Gasteiger partial charge in [0.25, 0.3) is 0 Å². The van der Waals surface area contributed by atoms with Crippen molar-refractivity contribution in [3.63, 3.8) is 0 Å². The minimum atomic E-state index is -1.18. The first-order valence-corrected chi connectivity index (χ1v) is 11.5. The third kappa shape index (κ3) is 5.86. The number of rotatable bonds is 7. The molecule has 0 spiro atoms. The van der Waals surface area contributed by atoms with Gasteiger partial charge in [0.1, 0.15) is 17.2 Å². The molecule has 3 aromatic rings. The van der Waals surface area contributed by atoms with E-state index in [1.807, 2.05) is 12.1 Å². The van der Waals surface area contributed by atoms with Crippen LogP contribution in [0, 0.1) is 5.82 Å². The maximum atomic E-state index is 14.4. The van der Waals surface area contributed by atoms with Crippen LogP contribution in [-0.2, 0) is 11.3 Å². The van der Waals surface area contributed by atoms with E-state index in [4.69, 9.17) is 0 Å². The third-order valence-corrected chi connectivity index (χ3v) is 6.19. The Labute approximate surface area is 198 Å². The molecule has 0 N–H and O–H groups in total. The number of hydrogen-bond donors (Lipinski definition) is 0. The predicted molar refractivity (Wildman–Crippen MR) is 126 cm³/mol. The number of carbonyl (C=O) groups excluding carboxylic acids is 1. The number of likely N-dealkylation sites (tertiary alicyclic amines) is 1. The lowest BCUT2D eigenvalue weighted by molar-refractivity contribution is 0.0600. The average molecular weight is 469 g/mol. The minimum Gasteiger partial charge on any atom is -0.465 e. The summed E-state index contributed by atoms with van der Waals surface area (Å²) >= 11 is 0. The van der Waals surface area contributed by atoms with Gasteiger partial charge in [-0.25, -0.2) is 18.3 Å². The van der Waals surface area contributed by atoms with E-state index in [9.17, 15) is 13.6 Å². The number of ether oxygens (including phenoxy) is 1. The molecular weight excluding hydrogens is 438 g/mol. The molecule has 6 nitrogen and oxygen atoms in total. The number of carbonyl (C=O) groups is 1. The lowest BCUT2D eigenvalue weighted by Crippen LogP contribution is -2.40. The number of alkyl halides is 1. The molecule has 1 aliphatic rings. The Kier molecular flexibility index (Phi) is 7.07. The molecule has 2 aromatic carbocycles. The predicted octanol–water partition coefficient (Wildman–Crippen LogP) is 4.85. The Morgan fingerprint density at radius 1 is 1.18 bits per heavy atom. The summed E-state index contributed by atoms with van der Waals surface area (Å²) in [6.07, 6.45) is 3.78. The second-order valence-corrected chi connectivity index (χ2v) is 9.49. The Morgan fingerprint density at radius 3 is 2.62 bits per heavy atom. The van der Waals surface area contributed by atoms with E-state index < -0.39 is 17.5 Å². The highest BCUT2D eigenvalue weighted by Crippen LogP contribution is 2.31. The molecule has 0 amide bonds.